The van der Waals surface area contributed by atoms with Crippen molar-refractivity contribution < 1.29 is 14.6 Å². The normalized spacial score (nSPS) is 12.6. The highest BCUT2D eigenvalue weighted by atomic mass is 16.5. The number of fused-ring (bicyclic) bond motifs is 1. The summed E-state index contributed by atoms with van der Waals surface area (Å²) in [5.74, 6) is -0.587. The van der Waals surface area contributed by atoms with E-state index in [1.54, 1.807) is 23.8 Å². The van der Waals surface area contributed by atoms with Gasteiger partial charge in [-0.15, -0.1) is 10.2 Å². The average Bonchev–Trinajstić information content (AvgIpc) is 3.13. The maximum Gasteiger partial charge on any atom is 0.356 e. The first-order valence-electron chi connectivity index (χ1n) is 6.14. The lowest BCUT2D eigenvalue weighted by Gasteiger charge is -2.11. The number of carboxylic acid groups (broad SMARTS) is 1. The number of rotatable bonds is 5. The van der Waals surface area contributed by atoms with E-state index >= 15 is 0 Å². The first-order valence-corrected chi connectivity index (χ1v) is 6.14. The number of hydrogen-bond donors (Lipinski definition) is 2. The van der Waals surface area contributed by atoms with Crippen LogP contribution in [0.3, 0.4) is 0 Å². The van der Waals surface area contributed by atoms with Crippen molar-refractivity contribution in [2.24, 2.45) is 0 Å². The van der Waals surface area contributed by atoms with E-state index < -0.39 is 5.97 Å². The van der Waals surface area contributed by atoms with Crippen molar-refractivity contribution >= 4 is 11.6 Å². The standard InChI is InChI=1S/C12H12N6O3/c1-21-9(11-14-16-17-15-11)4-7-2-3-10-13-8(12(19)20)6-18(10)5-7/h2-3,5-6,9H,4H2,1H3,(H,19,20)(H,14,15,16,17). The van der Waals surface area contributed by atoms with E-state index in [1.165, 1.54) is 6.20 Å². The summed E-state index contributed by atoms with van der Waals surface area (Å²) in [4.78, 5) is 14.9. The number of imidazole rings is 1. The molecule has 0 amide bonds. The minimum absolute atomic E-state index is 0.00797. The van der Waals surface area contributed by atoms with Crippen molar-refractivity contribution in [2.45, 2.75) is 12.5 Å². The highest BCUT2D eigenvalue weighted by molar-refractivity contribution is 5.86. The fraction of sp³-hybridized carbons (Fsp3) is 0.250. The first-order chi connectivity index (χ1) is 10.2. The van der Waals surface area contributed by atoms with E-state index in [2.05, 4.69) is 25.6 Å². The van der Waals surface area contributed by atoms with E-state index in [1.807, 2.05) is 6.07 Å². The maximum absolute atomic E-state index is 10.9. The number of pyridine rings is 1. The number of aromatic carboxylic acids is 1. The van der Waals surface area contributed by atoms with Crippen molar-refractivity contribution in [3.63, 3.8) is 0 Å². The molecule has 21 heavy (non-hydrogen) atoms. The summed E-state index contributed by atoms with van der Waals surface area (Å²) in [5, 5.41) is 22.6. The molecule has 0 fully saturated rings. The van der Waals surface area contributed by atoms with Crippen molar-refractivity contribution in [3.05, 3.63) is 41.6 Å². The van der Waals surface area contributed by atoms with Crippen LogP contribution in [0.5, 0.6) is 0 Å². The maximum atomic E-state index is 10.9. The zero-order valence-electron chi connectivity index (χ0n) is 11.1. The van der Waals surface area contributed by atoms with Crippen LogP contribution >= 0.6 is 0 Å². The molecule has 0 bridgehead atoms. The quantitative estimate of drug-likeness (QED) is 0.700. The number of aromatic nitrogens is 6. The molecule has 1 unspecified atom stereocenters. The molecule has 0 saturated carbocycles. The molecule has 1 atom stereocenters. The number of hydrogen-bond acceptors (Lipinski definition) is 6. The number of carboxylic acids is 1. The number of tetrazole rings is 1. The predicted molar refractivity (Wildman–Crippen MR) is 69.8 cm³/mol. The average molecular weight is 288 g/mol. The van der Waals surface area contributed by atoms with Gasteiger partial charge in [-0.25, -0.2) is 9.78 Å². The van der Waals surface area contributed by atoms with Gasteiger partial charge in [-0.3, -0.25) is 0 Å². The molecule has 9 nitrogen and oxygen atoms in total. The monoisotopic (exact) mass is 288 g/mol. The Morgan fingerprint density at radius 2 is 2.33 bits per heavy atom. The van der Waals surface area contributed by atoms with E-state index in [0.717, 1.165) is 5.56 Å². The Hall–Kier alpha value is -2.81. The number of ether oxygens (including phenoxy) is 1. The highest BCUT2D eigenvalue weighted by Crippen LogP contribution is 2.18. The first kappa shape index (κ1) is 13.2. The lowest BCUT2D eigenvalue weighted by Crippen LogP contribution is -2.08. The predicted octanol–water partition coefficient (Wildman–Crippen LogP) is 0.476. The van der Waals surface area contributed by atoms with Gasteiger partial charge in [0.1, 0.15) is 11.8 Å². The summed E-state index contributed by atoms with van der Waals surface area (Å²) in [7, 11) is 1.57. The van der Waals surface area contributed by atoms with Crippen LogP contribution in [0.2, 0.25) is 0 Å². The van der Waals surface area contributed by atoms with Gasteiger partial charge in [-0.1, -0.05) is 11.3 Å². The van der Waals surface area contributed by atoms with Crippen LogP contribution in [0, 0.1) is 0 Å². The summed E-state index contributed by atoms with van der Waals surface area (Å²) in [6, 6.07) is 3.62. The van der Waals surface area contributed by atoms with Gasteiger partial charge >= 0.3 is 5.97 Å². The van der Waals surface area contributed by atoms with Crippen LogP contribution in [0.25, 0.3) is 5.65 Å². The molecule has 2 N–H and O–H groups in total. The molecule has 0 spiro atoms. The molecule has 3 aromatic heterocycles. The largest absolute Gasteiger partial charge is 0.476 e. The number of nitrogens with zero attached hydrogens (tertiary/aromatic N) is 5. The molecule has 0 aliphatic carbocycles. The molecule has 0 saturated heterocycles. The molecule has 0 radical (unpaired) electrons. The molecule has 0 aromatic carbocycles. The Bertz CT molecular complexity index is 766. The fourth-order valence-corrected chi connectivity index (χ4v) is 2.06. The van der Waals surface area contributed by atoms with Gasteiger partial charge < -0.3 is 14.2 Å². The minimum Gasteiger partial charge on any atom is -0.476 e. The molecule has 3 aromatic rings. The van der Waals surface area contributed by atoms with Gasteiger partial charge in [0.25, 0.3) is 0 Å². The summed E-state index contributed by atoms with van der Waals surface area (Å²) in [5.41, 5.74) is 1.52. The van der Waals surface area contributed by atoms with Gasteiger partial charge in [-0.2, -0.15) is 5.21 Å². The van der Waals surface area contributed by atoms with Crippen LogP contribution in [0.15, 0.2) is 24.5 Å². The van der Waals surface area contributed by atoms with E-state index in [9.17, 15) is 4.79 Å². The van der Waals surface area contributed by atoms with E-state index in [0.29, 0.717) is 17.9 Å². The molecule has 9 heteroatoms. The minimum atomic E-state index is -1.05. The van der Waals surface area contributed by atoms with Gasteiger partial charge in [0.05, 0.1) is 0 Å². The van der Waals surface area contributed by atoms with Crippen molar-refractivity contribution in [3.8, 4) is 0 Å². The molecule has 3 rings (SSSR count). The smallest absolute Gasteiger partial charge is 0.356 e. The van der Waals surface area contributed by atoms with Crippen molar-refractivity contribution in [1.82, 2.24) is 30.0 Å². The molecule has 3 heterocycles. The van der Waals surface area contributed by atoms with Gasteiger partial charge in [0.15, 0.2) is 5.69 Å². The zero-order valence-corrected chi connectivity index (χ0v) is 11.1. The molecule has 108 valence electrons. The van der Waals surface area contributed by atoms with Crippen LogP contribution in [0.1, 0.15) is 28.0 Å². The van der Waals surface area contributed by atoms with E-state index in [-0.39, 0.29) is 11.8 Å². The fourth-order valence-electron chi connectivity index (χ4n) is 2.06. The van der Waals surface area contributed by atoms with Crippen molar-refractivity contribution in [1.29, 1.82) is 0 Å². The Morgan fingerprint density at radius 3 is 3.00 bits per heavy atom. The van der Waals surface area contributed by atoms with Crippen LogP contribution in [-0.4, -0.2) is 48.2 Å². The molecular weight excluding hydrogens is 276 g/mol. The van der Waals surface area contributed by atoms with Crippen LogP contribution < -0.4 is 0 Å². The highest BCUT2D eigenvalue weighted by Gasteiger charge is 2.17. The molecule has 0 aliphatic rings. The van der Waals surface area contributed by atoms with Gasteiger partial charge in [-0.05, 0) is 11.6 Å². The Labute approximate surface area is 118 Å². The molecule has 0 aliphatic heterocycles. The summed E-state index contributed by atoms with van der Waals surface area (Å²) >= 11 is 0. The SMILES string of the molecule is COC(Cc1ccc2nc(C(=O)O)cn2c1)c1nn[nH]n1. The van der Waals surface area contributed by atoms with Crippen LogP contribution in [-0.2, 0) is 11.2 Å². The third kappa shape index (κ3) is 2.58. The Balaban J connectivity index is 1.88. The number of methoxy groups -OCH3 is 1. The second-order valence-corrected chi connectivity index (χ2v) is 4.43. The topological polar surface area (TPSA) is 118 Å². The second-order valence-electron chi connectivity index (χ2n) is 4.43. The third-order valence-electron chi connectivity index (χ3n) is 3.09. The number of aromatic amines is 1. The second kappa shape index (κ2) is 5.29. The van der Waals surface area contributed by atoms with E-state index in [4.69, 9.17) is 9.84 Å². The Morgan fingerprint density at radius 1 is 1.48 bits per heavy atom. The molecular formula is C12H12N6O3. The number of H-pyrrole nitrogens is 1. The number of carbonyl (C=O) groups is 1. The van der Waals surface area contributed by atoms with Crippen LogP contribution in [0.4, 0.5) is 0 Å². The lowest BCUT2D eigenvalue weighted by atomic mass is 10.1. The Kier molecular flexibility index (Phi) is 3.32. The van der Waals surface area contributed by atoms with Gasteiger partial charge in [0, 0.05) is 25.9 Å². The summed E-state index contributed by atoms with van der Waals surface area (Å²) in [6.07, 6.45) is 3.48. The lowest BCUT2D eigenvalue weighted by molar-refractivity contribution is 0.0691. The third-order valence-corrected chi connectivity index (χ3v) is 3.09. The zero-order chi connectivity index (χ0) is 14.8. The van der Waals surface area contributed by atoms with Crippen molar-refractivity contribution in [2.75, 3.05) is 7.11 Å². The summed E-state index contributed by atoms with van der Waals surface area (Å²) in [6.45, 7) is 0. The summed E-state index contributed by atoms with van der Waals surface area (Å²) < 4.78 is 7.02. The number of nitrogens with one attached hydrogen (secondary N) is 1. The van der Waals surface area contributed by atoms with Gasteiger partial charge in [0.2, 0.25) is 5.82 Å².